The van der Waals surface area contributed by atoms with Gasteiger partial charge in [0, 0.05) is 13.1 Å². The van der Waals surface area contributed by atoms with E-state index in [9.17, 15) is 26.7 Å². The minimum atomic E-state index is -4.16. The molecule has 1 amide bonds. The van der Waals surface area contributed by atoms with Crippen LogP contribution in [0.2, 0.25) is 0 Å². The number of hydrogen-bond donors (Lipinski definition) is 0. The summed E-state index contributed by atoms with van der Waals surface area (Å²) in [5.74, 6) is -1.29. The second-order valence-corrected chi connectivity index (χ2v) is 8.60. The fraction of sp³-hybridized carbons (Fsp3) is 0.944. The highest BCUT2D eigenvalue weighted by atomic mass is 19.4. The zero-order valence-electron chi connectivity index (χ0n) is 16.5. The van der Waals surface area contributed by atoms with Gasteiger partial charge in [-0.1, -0.05) is 0 Å². The summed E-state index contributed by atoms with van der Waals surface area (Å²) in [6.07, 6.45) is -4.18. The van der Waals surface area contributed by atoms with Gasteiger partial charge in [0.25, 0.3) is 0 Å². The topological polar surface area (TPSA) is 42.0 Å². The van der Waals surface area contributed by atoms with E-state index in [1.165, 1.54) is 4.90 Å². The monoisotopic (exact) mass is 416 g/mol. The molecule has 2 rings (SSSR count). The molecule has 0 aromatic heterocycles. The fourth-order valence-corrected chi connectivity index (χ4v) is 3.84. The number of likely N-dealkylation sites (tertiary alicyclic amines) is 2. The van der Waals surface area contributed by atoms with E-state index < -0.39 is 36.4 Å². The molecule has 2 aliphatic heterocycles. The molecule has 5 nitrogen and oxygen atoms in total. The molecule has 0 aromatic rings. The van der Waals surface area contributed by atoms with E-state index in [4.69, 9.17) is 4.74 Å². The van der Waals surface area contributed by atoms with Crippen molar-refractivity contribution in [3.63, 3.8) is 0 Å². The molecule has 0 radical (unpaired) electrons. The van der Waals surface area contributed by atoms with Crippen LogP contribution in [-0.4, -0.2) is 73.1 Å². The molecule has 2 aliphatic rings. The predicted molar refractivity (Wildman–Crippen MR) is 92.0 cm³/mol. The van der Waals surface area contributed by atoms with E-state index >= 15 is 0 Å². The van der Waals surface area contributed by atoms with Gasteiger partial charge in [-0.2, -0.15) is 22.0 Å². The lowest BCUT2D eigenvalue weighted by Gasteiger charge is -2.34. The summed E-state index contributed by atoms with van der Waals surface area (Å²) in [7, 11) is 0. The standard InChI is InChI=1S/C18H29F5N2O3/c1-17(2,3)28-16(26)25-10-12(8-14(25)11-27-15(19)20)9-24-6-4-13(5-7-24)18(21,22)23/h12-15H,4-11H2,1-3H3/t12-,14+/m1/s1. The molecule has 2 atom stereocenters. The zero-order valence-corrected chi connectivity index (χ0v) is 16.5. The van der Waals surface area contributed by atoms with Crippen LogP contribution < -0.4 is 0 Å². The number of alkyl halides is 5. The molecule has 2 saturated heterocycles. The largest absolute Gasteiger partial charge is 0.444 e. The molecule has 0 aliphatic carbocycles. The summed E-state index contributed by atoms with van der Waals surface area (Å²) >= 11 is 0. The highest BCUT2D eigenvalue weighted by Crippen LogP contribution is 2.35. The SMILES string of the molecule is CC(C)(C)OC(=O)N1C[C@@H](CN2CCC(C(F)(F)F)CC2)C[C@H]1COC(F)F. The second kappa shape index (κ2) is 9.11. The van der Waals surface area contributed by atoms with Crippen LogP contribution in [-0.2, 0) is 9.47 Å². The minimum absolute atomic E-state index is 0.0266. The van der Waals surface area contributed by atoms with Crippen molar-refractivity contribution in [3.8, 4) is 0 Å². The summed E-state index contributed by atoms with van der Waals surface area (Å²) in [4.78, 5) is 15.8. The smallest absolute Gasteiger partial charge is 0.410 e. The van der Waals surface area contributed by atoms with Crippen LogP contribution in [0.1, 0.15) is 40.0 Å². The van der Waals surface area contributed by atoms with Crippen LogP contribution in [0, 0.1) is 11.8 Å². The van der Waals surface area contributed by atoms with Gasteiger partial charge in [0.1, 0.15) is 5.60 Å². The van der Waals surface area contributed by atoms with Gasteiger partial charge < -0.3 is 19.3 Å². The quantitative estimate of drug-likeness (QED) is 0.633. The average Bonchev–Trinajstić information content (AvgIpc) is 2.94. The molecule has 2 fully saturated rings. The fourth-order valence-electron chi connectivity index (χ4n) is 3.84. The van der Waals surface area contributed by atoms with Crippen LogP contribution >= 0.6 is 0 Å². The van der Waals surface area contributed by atoms with Crippen molar-refractivity contribution in [1.82, 2.24) is 9.80 Å². The first-order valence-electron chi connectivity index (χ1n) is 9.53. The Hall–Kier alpha value is -1.16. The highest BCUT2D eigenvalue weighted by molar-refractivity contribution is 5.69. The third kappa shape index (κ3) is 7.02. The molecule has 2 heterocycles. The Morgan fingerprint density at radius 3 is 2.25 bits per heavy atom. The van der Waals surface area contributed by atoms with Crippen molar-refractivity contribution in [1.29, 1.82) is 0 Å². The minimum Gasteiger partial charge on any atom is -0.444 e. The number of carbonyl (C=O) groups is 1. The number of amides is 1. The Labute approximate surface area is 162 Å². The lowest BCUT2D eigenvalue weighted by molar-refractivity contribution is -0.185. The van der Waals surface area contributed by atoms with E-state index in [-0.39, 0.29) is 25.4 Å². The van der Waals surface area contributed by atoms with Crippen LogP contribution in [0.5, 0.6) is 0 Å². The van der Waals surface area contributed by atoms with Gasteiger partial charge in [-0.3, -0.25) is 0 Å². The Bertz CT molecular complexity index is 516. The van der Waals surface area contributed by atoms with Gasteiger partial charge >= 0.3 is 18.9 Å². The van der Waals surface area contributed by atoms with E-state index in [1.807, 2.05) is 4.90 Å². The summed E-state index contributed by atoms with van der Waals surface area (Å²) < 4.78 is 73.0. The van der Waals surface area contributed by atoms with E-state index in [1.54, 1.807) is 20.8 Å². The summed E-state index contributed by atoms with van der Waals surface area (Å²) in [5, 5.41) is 0. The first-order chi connectivity index (χ1) is 12.8. The van der Waals surface area contributed by atoms with Gasteiger partial charge in [0.05, 0.1) is 18.6 Å². The number of nitrogens with zero attached hydrogens (tertiary/aromatic N) is 2. The highest BCUT2D eigenvalue weighted by Gasteiger charge is 2.42. The summed E-state index contributed by atoms with van der Waals surface area (Å²) in [5.41, 5.74) is -0.719. The number of rotatable bonds is 5. The maximum atomic E-state index is 12.8. The molecule has 0 aromatic carbocycles. The molecular weight excluding hydrogens is 387 g/mol. The molecule has 28 heavy (non-hydrogen) atoms. The molecule has 0 saturated carbocycles. The Morgan fingerprint density at radius 2 is 1.75 bits per heavy atom. The zero-order chi connectivity index (χ0) is 21.1. The third-order valence-corrected chi connectivity index (χ3v) is 5.11. The Kier molecular flexibility index (Phi) is 7.52. The molecule has 0 spiro atoms. The number of piperidine rings is 1. The molecule has 0 bridgehead atoms. The summed E-state index contributed by atoms with van der Waals surface area (Å²) in [6, 6.07) is -0.540. The van der Waals surface area contributed by atoms with Gasteiger partial charge in [0.15, 0.2) is 0 Å². The Morgan fingerprint density at radius 1 is 1.14 bits per heavy atom. The van der Waals surface area contributed by atoms with Gasteiger partial charge in [-0.15, -0.1) is 0 Å². The van der Waals surface area contributed by atoms with E-state index in [0.717, 1.165) is 0 Å². The molecule has 10 heteroatoms. The van der Waals surface area contributed by atoms with Crippen LogP contribution in [0.15, 0.2) is 0 Å². The van der Waals surface area contributed by atoms with Crippen LogP contribution in [0.3, 0.4) is 0 Å². The maximum absolute atomic E-state index is 12.8. The first kappa shape index (κ1) is 23.1. The van der Waals surface area contributed by atoms with Crippen LogP contribution in [0.4, 0.5) is 26.7 Å². The second-order valence-electron chi connectivity index (χ2n) is 8.60. The van der Waals surface area contributed by atoms with E-state index in [2.05, 4.69) is 4.74 Å². The lowest BCUT2D eigenvalue weighted by Crippen LogP contribution is -2.43. The lowest BCUT2D eigenvalue weighted by atomic mass is 9.95. The normalized spacial score (nSPS) is 25.5. The maximum Gasteiger partial charge on any atom is 0.410 e. The van der Waals surface area contributed by atoms with Crippen molar-refractivity contribution in [2.24, 2.45) is 11.8 Å². The number of carbonyl (C=O) groups excluding carboxylic acids is 1. The third-order valence-electron chi connectivity index (χ3n) is 5.11. The van der Waals surface area contributed by atoms with Crippen molar-refractivity contribution < 1.29 is 36.2 Å². The van der Waals surface area contributed by atoms with Crippen LogP contribution in [0.25, 0.3) is 0 Å². The van der Waals surface area contributed by atoms with E-state index in [0.29, 0.717) is 32.6 Å². The van der Waals surface area contributed by atoms with Gasteiger partial charge in [-0.05, 0) is 59.0 Å². The van der Waals surface area contributed by atoms with Gasteiger partial charge in [-0.25, -0.2) is 4.79 Å². The number of ether oxygens (including phenoxy) is 2. The summed E-state index contributed by atoms with van der Waals surface area (Å²) in [6.45, 7) is 3.43. The van der Waals surface area contributed by atoms with Crippen molar-refractivity contribution >= 4 is 6.09 Å². The Balaban J connectivity index is 1.92. The van der Waals surface area contributed by atoms with Crippen molar-refractivity contribution in [2.75, 3.05) is 32.8 Å². The predicted octanol–water partition coefficient (Wildman–Crippen LogP) is 4.13. The molecule has 0 N–H and O–H groups in total. The number of hydrogen-bond acceptors (Lipinski definition) is 4. The number of halogens is 5. The first-order valence-corrected chi connectivity index (χ1v) is 9.53. The molecule has 0 unspecified atom stereocenters. The van der Waals surface area contributed by atoms with Gasteiger partial charge in [0.2, 0.25) is 0 Å². The molecular formula is C18H29F5N2O3. The molecule has 164 valence electrons. The van der Waals surface area contributed by atoms with Crippen molar-refractivity contribution in [2.45, 2.75) is 64.5 Å². The average molecular weight is 416 g/mol. The van der Waals surface area contributed by atoms with Crippen molar-refractivity contribution in [3.05, 3.63) is 0 Å².